The Morgan fingerprint density at radius 1 is 1.00 bits per heavy atom. The molecule has 9 heteroatoms. The molecule has 1 aromatic heterocycles. The van der Waals surface area contributed by atoms with E-state index in [9.17, 15) is 14.0 Å². The molecule has 0 spiro atoms. The van der Waals surface area contributed by atoms with Gasteiger partial charge in [0.2, 0.25) is 0 Å². The monoisotopic (exact) mass is 544 g/mol. The molecule has 2 fully saturated rings. The number of amides is 1. The predicted molar refractivity (Wildman–Crippen MR) is 149 cm³/mol. The minimum absolute atomic E-state index is 0.128. The number of carbonyl (C=O) groups is 1. The first-order valence-corrected chi connectivity index (χ1v) is 13.6. The van der Waals surface area contributed by atoms with Gasteiger partial charge in [0, 0.05) is 43.8 Å². The number of nitrogens with one attached hydrogen (secondary N) is 2. The molecule has 1 aliphatic carbocycles. The Labute approximate surface area is 230 Å². The second-order valence-electron chi connectivity index (χ2n) is 10.3. The van der Waals surface area contributed by atoms with E-state index in [0.29, 0.717) is 23.5 Å². The molecule has 6 rings (SSSR count). The van der Waals surface area contributed by atoms with Crippen molar-refractivity contribution in [3.8, 4) is 11.4 Å². The summed E-state index contributed by atoms with van der Waals surface area (Å²) >= 11 is 0. The number of aromatic nitrogens is 1. The Morgan fingerprint density at radius 2 is 1.75 bits per heavy atom. The summed E-state index contributed by atoms with van der Waals surface area (Å²) in [5.74, 6) is -0.778. The zero-order chi connectivity index (χ0) is 27.6. The number of hydrogen-bond donors (Lipinski definition) is 2. The number of pyridine rings is 1. The number of hydrogen-bond acceptors (Lipinski definition) is 5. The predicted octanol–water partition coefficient (Wildman–Crippen LogP) is 4.91. The first-order valence-electron chi connectivity index (χ1n) is 13.6. The highest BCUT2D eigenvalue weighted by molar-refractivity contribution is 5.91. The first kappa shape index (κ1) is 26.2. The second kappa shape index (κ2) is 11.2. The number of carbonyl (C=O) groups excluding carboxylic acids is 1. The standard InChI is InChI=1S/C31H30F2N4O3/c32-22-7-4-6-21(18-22)28(20-12-13-20)35-31(39)40-29-24-10-5-11-25(33)27(24)30(38)37(23-8-2-1-3-9-23)26(29)19-36-16-14-34-15-17-36/h1-11,18,20,28,34H,12-17,19H2,(H,35,39)/t28-/m0/s1. The molecular formula is C31H30F2N4O3. The maximum atomic E-state index is 15.2. The van der Waals surface area contributed by atoms with E-state index in [2.05, 4.69) is 15.5 Å². The maximum absolute atomic E-state index is 15.2. The van der Waals surface area contributed by atoms with Gasteiger partial charge in [-0.2, -0.15) is 0 Å². The molecule has 0 radical (unpaired) electrons. The average Bonchev–Trinajstić information content (AvgIpc) is 3.80. The molecule has 1 saturated heterocycles. The van der Waals surface area contributed by atoms with Crippen molar-refractivity contribution in [3.05, 3.63) is 106 Å². The minimum atomic E-state index is -0.744. The molecule has 1 atom stereocenters. The summed E-state index contributed by atoms with van der Waals surface area (Å²) < 4.78 is 36.7. The van der Waals surface area contributed by atoms with E-state index in [1.807, 2.05) is 6.07 Å². The van der Waals surface area contributed by atoms with Gasteiger partial charge >= 0.3 is 6.09 Å². The summed E-state index contributed by atoms with van der Waals surface area (Å²) in [6.07, 6.45) is 1.07. The molecule has 7 nitrogen and oxygen atoms in total. The van der Waals surface area contributed by atoms with Crippen LogP contribution in [0.15, 0.2) is 77.6 Å². The minimum Gasteiger partial charge on any atom is -0.408 e. The lowest BCUT2D eigenvalue weighted by Crippen LogP contribution is -2.44. The van der Waals surface area contributed by atoms with Crippen molar-refractivity contribution >= 4 is 16.9 Å². The fourth-order valence-corrected chi connectivity index (χ4v) is 5.46. The van der Waals surface area contributed by atoms with Gasteiger partial charge in [-0.25, -0.2) is 13.6 Å². The zero-order valence-corrected chi connectivity index (χ0v) is 21.9. The van der Waals surface area contributed by atoms with Crippen molar-refractivity contribution in [1.29, 1.82) is 0 Å². The van der Waals surface area contributed by atoms with Crippen LogP contribution in [-0.2, 0) is 6.54 Å². The highest BCUT2D eigenvalue weighted by Crippen LogP contribution is 2.41. The van der Waals surface area contributed by atoms with Crippen molar-refractivity contribution < 1.29 is 18.3 Å². The molecular weight excluding hydrogens is 514 g/mol. The zero-order valence-electron chi connectivity index (χ0n) is 21.9. The largest absolute Gasteiger partial charge is 0.413 e. The molecule has 0 unspecified atom stereocenters. The number of fused-ring (bicyclic) bond motifs is 1. The van der Waals surface area contributed by atoms with Crippen molar-refractivity contribution in [2.24, 2.45) is 5.92 Å². The Kier molecular flexibility index (Phi) is 7.32. The van der Waals surface area contributed by atoms with Crippen LogP contribution < -0.4 is 20.9 Å². The number of piperazine rings is 1. The smallest absolute Gasteiger partial charge is 0.408 e. The van der Waals surface area contributed by atoms with Crippen molar-refractivity contribution in [3.63, 3.8) is 0 Å². The molecule has 206 valence electrons. The van der Waals surface area contributed by atoms with Crippen LogP contribution in [0.5, 0.6) is 5.75 Å². The lowest BCUT2D eigenvalue weighted by molar-refractivity contribution is 0.191. The van der Waals surface area contributed by atoms with E-state index < -0.39 is 23.5 Å². The summed E-state index contributed by atoms with van der Waals surface area (Å²) in [4.78, 5) is 29.5. The number of ether oxygens (including phenoxy) is 1. The van der Waals surface area contributed by atoms with Crippen molar-refractivity contribution in [1.82, 2.24) is 20.1 Å². The third-order valence-corrected chi connectivity index (χ3v) is 7.57. The summed E-state index contributed by atoms with van der Waals surface area (Å²) in [6, 6.07) is 19.1. The van der Waals surface area contributed by atoms with E-state index in [1.165, 1.54) is 28.8 Å². The summed E-state index contributed by atoms with van der Waals surface area (Å²) in [6.45, 7) is 3.35. The van der Waals surface area contributed by atoms with Gasteiger partial charge in [0.15, 0.2) is 5.75 Å². The van der Waals surface area contributed by atoms with Gasteiger partial charge in [0.05, 0.1) is 17.1 Å². The molecule has 2 aliphatic rings. The van der Waals surface area contributed by atoms with Crippen LogP contribution in [0.4, 0.5) is 13.6 Å². The van der Waals surface area contributed by atoms with Gasteiger partial charge < -0.3 is 15.4 Å². The second-order valence-corrected chi connectivity index (χ2v) is 10.3. The van der Waals surface area contributed by atoms with E-state index >= 15 is 4.39 Å². The quantitative estimate of drug-likeness (QED) is 0.346. The van der Waals surface area contributed by atoms with Crippen LogP contribution in [0.3, 0.4) is 0 Å². The molecule has 3 aromatic carbocycles. The van der Waals surface area contributed by atoms with E-state index in [0.717, 1.165) is 39.0 Å². The van der Waals surface area contributed by atoms with Crippen LogP contribution in [-0.4, -0.2) is 41.7 Å². The van der Waals surface area contributed by atoms with Gasteiger partial charge in [-0.1, -0.05) is 42.5 Å². The summed E-state index contributed by atoms with van der Waals surface area (Å²) in [7, 11) is 0. The number of para-hydroxylation sites is 1. The number of halogens is 2. The SMILES string of the molecule is O=C(N[C@H](c1cccc(F)c1)C1CC1)Oc1c(CN2CCNCC2)n(-c2ccccc2)c(=O)c2c(F)cccc12. The van der Waals surface area contributed by atoms with E-state index in [1.54, 1.807) is 42.5 Å². The molecule has 1 aliphatic heterocycles. The molecule has 1 saturated carbocycles. The first-order chi connectivity index (χ1) is 19.5. The van der Waals surface area contributed by atoms with Crippen molar-refractivity contribution in [2.75, 3.05) is 26.2 Å². The summed E-state index contributed by atoms with van der Waals surface area (Å²) in [5, 5.41) is 6.32. The Bertz CT molecular complexity index is 1600. The number of nitrogens with zero attached hydrogens (tertiary/aromatic N) is 2. The average molecular weight is 545 g/mol. The number of benzene rings is 3. The van der Waals surface area contributed by atoms with Crippen molar-refractivity contribution in [2.45, 2.75) is 25.4 Å². The molecule has 40 heavy (non-hydrogen) atoms. The normalized spacial score (nSPS) is 16.6. The number of rotatable bonds is 7. The molecule has 2 N–H and O–H groups in total. The van der Waals surface area contributed by atoms with Gasteiger partial charge in [-0.3, -0.25) is 14.3 Å². The molecule has 2 heterocycles. The van der Waals surface area contributed by atoms with E-state index in [-0.39, 0.29) is 28.3 Å². The van der Waals surface area contributed by atoms with Crippen LogP contribution in [0.2, 0.25) is 0 Å². The third kappa shape index (κ3) is 5.35. The van der Waals surface area contributed by atoms with Gasteiger partial charge in [-0.05, 0) is 54.7 Å². The lowest BCUT2D eigenvalue weighted by atomic mass is 10.0. The Morgan fingerprint density at radius 3 is 2.48 bits per heavy atom. The molecule has 0 bridgehead atoms. The summed E-state index contributed by atoms with van der Waals surface area (Å²) in [5.41, 5.74) is 1.14. The maximum Gasteiger partial charge on any atom is 0.413 e. The van der Waals surface area contributed by atoms with Gasteiger partial charge in [0.1, 0.15) is 11.6 Å². The van der Waals surface area contributed by atoms with Gasteiger partial charge in [-0.15, -0.1) is 0 Å². The van der Waals surface area contributed by atoms with Gasteiger partial charge in [0.25, 0.3) is 5.56 Å². The van der Waals surface area contributed by atoms with Crippen LogP contribution >= 0.6 is 0 Å². The van der Waals surface area contributed by atoms with Crippen LogP contribution in [0, 0.1) is 17.6 Å². The topological polar surface area (TPSA) is 75.6 Å². The highest BCUT2D eigenvalue weighted by Gasteiger charge is 2.35. The molecule has 1 amide bonds. The van der Waals surface area contributed by atoms with E-state index in [4.69, 9.17) is 4.74 Å². The fraction of sp³-hybridized carbons (Fsp3) is 0.290. The fourth-order valence-electron chi connectivity index (χ4n) is 5.46. The third-order valence-electron chi connectivity index (χ3n) is 7.57. The van der Waals surface area contributed by atoms with Crippen LogP contribution in [0.25, 0.3) is 16.5 Å². The Hall–Kier alpha value is -4.08. The Balaban J connectivity index is 1.46. The lowest BCUT2D eigenvalue weighted by Gasteiger charge is -2.29. The molecule has 4 aromatic rings. The highest BCUT2D eigenvalue weighted by atomic mass is 19.1. The van der Waals surface area contributed by atoms with Crippen LogP contribution in [0.1, 0.15) is 30.1 Å².